The van der Waals surface area contributed by atoms with Crippen LogP contribution in [0.3, 0.4) is 0 Å². The fourth-order valence-electron chi connectivity index (χ4n) is 1.53. The van der Waals surface area contributed by atoms with Crippen molar-refractivity contribution >= 4 is 34.9 Å². The molecule has 3 rings (SSSR count). The fourth-order valence-corrected chi connectivity index (χ4v) is 3.00. The number of fused-ring (bicyclic) bond motifs is 1. The number of H-pyrrole nitrogens is 1. The van der Waals surface area contributed by atoms with Gasteiger partial charge in [-0.25, -0.2) is 0 Å². The number of aromatic nitrogens is 4. The van der Waals surface area contributed by atoms with Crippen LogP contribution < -0.4 is 9.18 Å². The molecule has 4 nitrogen and oxygen atoms in total. The molecule has 3 aromatic rings. The van der Waals surface area contributed by atoms with Gasteiger partial charge in [-0.3, -0.25) is 0 Å². The molecule has 0 atom stereocenters. The Morgan fingerprint density at radius 2 is 1.88 bits per heavy atom. The molecule has 0 radical (unpaired) electrons. The van der Waals surface area contributed by atoms with Gasteiger partial charge in [0.25, 0.3) is 0 Å². The normalized spacial score (nSPS) is 10.8. The van der Waals surface area contributed by atoms with Crippen molar-refractivity contribution in [3.63, 3.8) is 0 Å². The summed E-state index contributed by atoms with van der Waals surface area (Å²) >= 11 is 0.122. The van der Waals surface area contributed by atoms with Crippen LogP contribution in [0.4, 0.5) is 0 Å². The maximum absolute atomic E-state index is 3.97. The van der Waals surface area contributed by atoms with Crippen molar-refractivity contribution in [1.29, 1.82) is 0 Å². The molecule has 0 aliphatic rings. The first-order valence-corrected chi connectivity index (χ1v) is 6.53. The number of aromatic amines is 1. The molecule has 0 saturated heterocycles. The van der Waals surface area contributed by atoms with Gasteiger partial charge in [0.05, 0.1) is 0 Å². The summed E-state index contributed by atoms with van der Waals surface area (Å²) in [4.78, 5) is 0. The molecule has 16 heavy (non-hydrogen) atoms. The molecule has 0 spiro atoms. The van der Waals surface area contributed by atoms with E-state index in [4.69, 9.17) is 0 Å². The van der Waals surface area contributed by atoms with Crippen LogP contribution in [0.2, 0.25) is 0 Å². The second kappa shape index (κ2) is 4.04. The Bertz CT molecular complexity index is 606. The number of tetrazole rings is 1. The first kappa shape index (κ1) is 9.51. The van der Waals surface area contributed by atoms with Crippen LogP contribution in [-0.2, 0) is 0 Å². The molecule has 0 fully saturated rings. The topological polar surface area (TPSA) is 54.5 Å². The fraction of sp³-hybridized carbons (Fsp3) is 0. The van der Waals surface area contributed by atoms with E-state index in [9.17, 15) is 0 Å². The summed E-state index contributed by atoms with van der Waals surface area (Å²) in [5.74, 6) is 0. The summed E-state index contributed by atoms with van der Waals surface area (Å²) in [6.45, 7) is 0. The van der Waals surface area contributed by atoms with Crippen molar-refractivity contribution in [3.8, 4) is 0 Å². The Kier molecular flexibility index (Phi) is 2.40. The third-order valence-corrected chi connectivity index (χ3v) is 4.03. The van der Waals surface area contributed by atoms with Gasteiger partial charge in [0.15, 0.2) is 0 Å². The molecule has 5 heteroatoms. The molecule has 0 saturated carbocycles. The van der Waals surface area contributed by atoms with E-state index in [1.165, 1.54) is 15.2 Å². The molecule has 0 aliphatic carbocycles. The standard InChI is InChI=1S/C11H8N4Se/c1-2-4-9-7-10(6-5-8(9)3-1)16-11-12-14-15-13-11/h1-7H,(H,12,13,14,15). The van der Waals surface area contributed by atoms with Crippen LogP contribution in [0.15, 0.2) is 42.5 Å². The predicted octanol–water partition coefficient (Wildman–Crippen LogP) is 0.00790. The average Bonchev–Trinajstić information content (AvgIpc) is 2.82. The zero-order valence-corrected chi connectivity index (χ0v) is 10.0. The molecule has 0 bridgehead atoms. The van der Waals surface area contributed by atoms with Crippen LogP contribution in [0.25, 0.3) is 10.8 Å². The maximum atomic E-state index is 3.97. The van der Waals surface area contributed by atoms with Crippen molar-refractivity contribution in [3.05, 3.63) is 42.5 Å². The van der Waals surface area contributed by atoms with Gasteiger partial charge in [0, 0.05) is 0 Å². The van der Waals surface area contributed by atoms with Gasteiger partial charge < -0.3 is 0 Å². The van der Waals surface area contributed by atoms with Gasteiger partial charge in [-0.2, -0.15) is 0 Å². The van der Waals surface area contributed by atoms with E-state index >= 15 is 0 Å². The van der Waals surface area contributed by atoms with Crippen LogP contribution >= 0.6 is 0 Å². The van der Waals surface area contributed by atoms with E-state index in [-0.39, 0.29) is 15.0 Å². The molecule has 1 N–H and O–H groups in total. The van der Waals surface area contributed by atoms with E-state index in [0.29, 0.717) is 0 Å². The summed E-state index contributed by atoms with van der Waals surface area (Å²) in [6.07, 6.45) is 0. The Hall–Kier alpha value is -1.71. The number of hydrogen-bond acceptors (Lipinski definition) is 3. The molecule has 0 amide bonds. The second-order valence-electron chi connectivity index (χ2n) is 3.31. The number of rotatable bonds is 2. The van der Waals surface area contributed by atoms with Gasteiger partial charge in [-0.1, -0.05) is 0 Å². The molecule has 2 aromatic carbocycles. The quantitative estimate of drug-likeness (QED) is 0.670. The Balaban J connectivity index is 1.99. The molecule has 78 valence electrons. The van der Waals surface area contributed by atoms with E-state index < -0.39 is 0 Å². The molecule has 1 aromatic heterocycles. The van der Waals surface area contributed by atoms with Crippen molar-refractivity contribution in [2.45, 2.75) is 0 Å². The number of benzene rings is 2. The third kappa shape index (κ3) is 1.83. The van der Waals surface area contributed by atoms with Crippen molar-refractivity contribution in [1.82, 2.24) is 20.6 Å². The zero-order valence-electron chi connectivity index (χ0n) is 8.29. The first-order chi connectivity index (χ1) is 7.92. The second-order valence-corrected chi connectivity index (χ2v) is 5.49. The first-order valence-electron chi connectivity index (χ1n) is 4.82. The van der Waals surface area contributed by atoms with Gasteiger partial charge in [0.2, 0.25) is 0 Å². The van der Waals surface area contributed by atoms with Crippen molar-refractivity contribution in [2.24, 2.45) is 0 Å². The summed E-state index contributed by atoms with van der Waals surface area (Å²) in [5, 5.41) is 16.5. The van der Waals surface area contributed by atoms with Gasteiger partial charge >= 0.3 is 98.0 Å². The predicted molar refractivity (Wildman–Crippen MR) is 63.1 cm³/mol. The number of nitrogens with zero attached hydrogens (tertiary/aromatic N) is 3. The number of hydrogen-bond donors (Lipinski definition) is 1. The third-order valence-electron chi connectivity index (χ3n) is 2.26. The summed E-state index contributed by atoms with van der Waals surface area (Å²) in [7, 11) is 0. The summed E-state index contributed by atoms with van der Waals surface area (Å²) in [5.41, 5.74) is 0. The van der Waals surface area contributed by atoms with Crippen LogP contribution in [-0.4, -0.2) is 35.6 Å². The van der Waals surface area contributed by atoms with Crippen molar-refractivity contribution < 1.29 is 0 Å². The Morgan fingerprint density at radius 1 is 1.00 bits per heavy atom. The Labute approximate surface area is 98.2 Å². The number of nitrogens with one attached hydrogen (secondary N) is 1. The molecular formula is C11H8N4Se. The van der Waals surface area contributed by atoms with Crippen LogP contribution in [0.5, 0.6) is 0 Å². The molecular weight excluding hydrogens is 267 g/mol. The van der Waals surface area contributed by atoms with E-state index in [0.717, 1.165) is 4.72 Å². The zero-order chi connectivity index (χ0) is 10.8. The average molecular weight is 275 g/mol. The van der Waals surface area contributed by atoms with Crippen LogP contribution in [0.1, 0.15) is 0 Å². The van der Waals surface area contributed by atoms with Gasteiger partial charge in [0.1, 0.15) is 0 Å². The molecule has 1 heterocycles. The van der Waals surface area contributed by atoms with E-state index in [2.05, 4.69) is 51.0 Å². The summed E-state index contributed by atoms with van der Waals surface area (Å²) in [6, 6.07) is 14.8. The van der Waals surface area contributed by atoms with E-state index in [1.807, 2.05) is 12.1 Å². The van der Waals surface area contributed by atoms with Crippen molar-refractivity contribution in [2.75, 3.05) is 0 Å². The van der Waals surface area contributed by atoms with E-state index in [1.54, 1.807) is 0 Å². The summed E-state index contributed by atoms with van der Waals surface area (Å²) < 4.78 is 2.04. The van der Waals surface area contributed by atoms with Gasteiger partial charge in [-0.05, 0) is 0 Å². The van der Waals surface area contributed by atoms with Gasteiger partial charge in [-0.15, -0.1) is 0 Å². The molecule has 0 aliphatic heterocycles. The monoisotopic (exact) mass is 276 g/mol. The minimum atomic E-state index is 0.122. The Morgan fingerprint density at radius 3 is 2.69 bits per heavy atom. The molecule has 0 unspecified atom stereocenters. The minimum absolute atomic E-state index is 0.122. The van der Waals surface area contributed by atoms with Crippen LogP contribution in [0, 0.1) is 0 Å². The SMILES string of the molecule is c1ccc2cc([Se]c3nn[nH]n3)ccc2c1.